The summed E-state index contributed by atoms with van der Waals surface area (Å²) in [7, 11) is 0. The van der Waals surface area contributed by atoms with Gasteiger partial charge in [0.1, 0.15) is 0 Å². The summed E-state index contributed by atoms with van der Waals surface area (Å²) < 4.78 is 2.15. The van der Waals surface area contributed by atoms with E-state index in [1.54, 1.807) is 0 Å². The summed E-state index contributed by atoms with van der Waals surface area (Å²) in [5.74, 6) is 1.69. The number of benzene rings is 2. The maximum absolute atomic E-state index is 12.7. The summed E-state index contributed by atoms with van der Waals surface area (Å²) in [4.78, 5) is 17.5. The van der Waals surface area contributed by atoms with Crippen molar-refractivity contribution in [1.82, 2.24) is 14.9 Å². The molecule has 1 aliphatic carbocycles. The molecule has 29 heavy (non-hydrogen) atoms. The second-order valence-corrected chi connectivity index (χ2v) is 9.23. The summed E-state index contributed by atoms with van der Waals surface area (Å²) in [5.41, 5.74) is 4.31. The van der Waals surface area contributed by atoms with Gasteiger partial charge in [0, 0.05) is 11.7 Å². The van der Waals surface area contributed by atoms with Gasteiger partial charge in [0.2, 0.25) is 5.91 Å². The van der Waals surface area contributed by atoms with Crippen LogP contribution in [0.15, 0.2) is 53.7 Å². The first-order chi connectivity index (χ1) is 14.0. The third-order valence-electron chi connectivity index (χ3n) is 6.21. The van der Waals surface area contributed by atoms with E-state index in [0.29, 0.717) is 23.6 Å². The Bertz CT molecular complexity index is 995. The van der Waals surface area contributed by atoms with Crippen molar-refractivity contribution in [2.75, 3.05) is 5.75 Å². The molecule has 1 aromatic heterocycles. The number of carbonyl (C=O) groups excluding carboxylic acids is 1. The van der Waals surface area contributed by atoms with Crippen molar-refractivity contribution in [1.29, 1.82) is 0 Å². The van der Waals surface area contributed by atoms with Crippen molar-refractivity contribution in [3.63, 3.8) is 0 Å². The predicted molar refractivity (Wildman–Crippen MR) is 121 cm³/mol. The first-order valence-electron chi connectivity index (χ1n) is 10.5. The number of hydrogen-bond acceptors (Lipinski definition) is 3. The molecule has 1 N–H and O–H groups in total. The number of aromatic nitrogens is 2. The molecule has 152 valence electrons. The number of amides is 1. The van der Waals surface area contributed by atoms with Crippen LogP contribution in [0.25, 0.3) is 16.7 Å². The SMILES string of the molecule is Cc1ccc(-n2c(SCC(=O)N[C@H]3CCC[C@@H](C)[C@@H]3C)nc3ccccc32)cc1. The van der Waals surface area contributed by atoms with E-state index < -0.39 is 0 Å². The minimum Gasteiger partial charge on any atom is -0.352 e. The third-order valence-corrected chi connectivity index (χ3v) is 7.15. The van der Waals surface area contributed by atoms with Crippen LogP contribution in [0, 0.1) is 18.8 Å². The number of para-hydroxylation sites is 2. The lowest BCUT2D eigenvalue weighted by molar-refractivity contribution is -0.120. The number of rotatable bonds is 5. The lowest BCUT2D eigenvalue weighted by Gasteiger charge is -2.34. The topological polar surface area (TPSA) is 46.9 Å². The highest BCUT2D eigenvalue weighted by Crippen LogP contribution is 2.30. The van der Waals surface area contributed by atoms with Crippen molar-refractivity contribution in [3.05, 3.63) is 54.1 Å². The first kappa shape index (κ1) is 20.0. The lowest BCUT2D eigenvalue weighted by atomic mass is 9.78. The van der Waals surface area contributed by atoms with Gasteiger partial charge in [0.05, 0.1) is 16.8 Å². The molecule has 1 fully saturated rings. The Morgan fingerprint density at radius 1 is 1.14 bits per heavy atom. The van der Waals surface area contributed by atoms with Gasteiger partial charge in [-0.1, -0.05) is 68.3 Å². The summed E-state index contributed by atoms with van der Waals surface area (Å²) in [6, 6.07) is 16.9. The Hall–Kier alpha value is -2.27. The van der Waals surface area contributed by atoms with Crippen molar-refractivity contribution in [2.45, 2.75) is 51.2 Å². The first-order valence-corrected chi connectivity index (χ1v) is 11.5. The Morgan fingerprint density at radius 2 is 1.90 bits per heavy atom. The summed E-state index contributed by atoms with van der Waals surface area (Å²) in [6.07, 6.45) is 3.56. The van der Waals surface area contributed by atoms with Crippen LogP contribution in [0.3, 0.4) is 0 Å². The minimum absolute atomic E-state index is 0.100. The molecule has 5 heteroatoms. The van der Waals surface area contributed by atoms with E-state index in [1.807, 2.05) is 18.2 Å². The van der Waals surface area contributed by atoms with Crippen LogP contribution in [-0.2, 0) is 4.79 Å². The molecule has 4 rings (SSSR count). The van der Waals surface area contributed by atoms with E-state index in [4.69, 9.17) is 4.98 Å². The van der Waals surface area contributed by atoms with E-state index in [2.05, 4.69) is 61.0 Å². The van der Waals surface area contributed by atoms with Crippen LogP contribution in [-0.4, -0.2) is 27.3 Å². The molecule has 1 amide bonds. The number of aryl methyl sites for hydroxylation is 1. The van der Waals surface area contributed by atoms with Crippen molar-refractivity contribution in [3.8, 4) is 5.69 Å². The monoisotopic (exact) mass is 407 g/mol. The molecule has 1 heterocycles. The van der Waals surface area contributed by atoms with Crippen LogP contribution >= 0.6 is 11.8 Å². The van der Waals surface area contributed by atoms with E-state index in [-0.39, 0.29) is 5.91 Å². The number of hydrogen-bond donors (Lipinski definition) is 1. The van der Waals surface area contributed by atoms with E-state index >= 15 is 0 Å². The van der Waals surface area contributed by atoms with Gasteiger partial charge in [-0.25, -0.2) is 4.98 Å². The van der Waals surface area contributed by atoms with Gasteiger partial charge in [-0.05, 0) is 49.4 Å². The van der Waals surface area contributed by atoms with Crippen molar-refractivity contribution >= 4 is 28.7 Å². The average Bonchev–Trinajstić information content (AvgIpc) is 3.09. The van der Waals surface area contributed by atoms with Gasteiger partial charge in [-0.15, -0.1) is 0 Å². The van der Waals surface area contributed by atoms with Crippen LogP contribution in [0.5, 0.6) is 0 Å². The molecule has 2 aromatic carbocycles. The summed E-state index contributed by atoms with van der Waals surface area (Å²) in [5, 5.41) is 4.13. The third kappa shape index (κ3) is 4.35. The maximum Gasteiger partial charge on any atom is 0.230 e. The Kier molecular flexibility index (Phi) is 5.95. The molecule has 0 radical (unpaired) electrons. The molecular formula is C24H29N3OS. The average molecular weight is 408 g/mol. The number of carbonyl (C=O) groups is 1. The fraction of sp³-hybridized carbons (Fsp3) is 0.417. The number of thioether (sulfide) groups is 1. The summed E-state index contributed by atoms with van der Waals surface area (Å²) in [6.45, 7) is 6.64. The zero-order chi connectivity index (χ0) is 20.4. The second kappa shape index (κ2) is 8.62. The van der Waals surface area contributed by atoms with Gasteiger partial charge in [-0.2, -0.15) is 0 Å². The zero-order valence-electron chi connectivity index (χ0n) is 17.4. The molecule has 0 saturated heterocycles. The van der Waals surface area contributed by atoms with Gasteiger partial charge in [0.15, 0.2) is 5.16 Å². The molecule has 3 aromatic rings. The molecule has 4 nitrogen and oxygen atoms in total. The number of nitrogens with zero attached hydrogens (tertiary/aromatic N) is 2. The summed E-state index contributed by atoms with van der Waals surface area (Å²) >= 11 is 1.51. The Labute approximate surface area is 177 Å². The smallest absolute Gasteiger partial charge is 0.230 e. The highest BCUT2D eigenvalue weighted by molar-refractivity contribution is 7.99. The van der Waals surface area contributed by atoms with Gasteiger partial charge in [0.25, 0.3) is 0 Å². The fourth-order valence-electron chi connectivity index (χ4n) is 4.21. The van der Waals surface area contributed by atoms with Crippen LogP contribution in [0.2, 0.25) is 0 Å². The van der Waals surface area contributed by atoms with E-state index in [9.17, 15) is 4.79 Å². The second-order valence-electron chi connectivity index (χ2n) is 8.28. The molecule has 1 saturated carbocycles. The normalized spacial score (nSPS) is 22.0. The molecular weight excluding hydrogens is 378 g/mol. The highest BCUT2D eigenvalue weighted by atomic mass is 32.2. The van der Waals surface area contributed by atoms with Gasteiger partial charge in [-0.3, -0.25) is 9.36 Å². The van der Waals surface area contributed by atoms with Gasteiger partial charge < -0.3 is 5.32 Å². The van der Waals surface area contributed by atoms with E-state index in [0.717, 1.165) is 28.3 Å². The quantitative estimate of drug-likeness (QED) is 0.579. The standard InChI is InChI=1S/C24H29N3OS/c1-16-11-13-19(14-12-16)27-22-10-5-4-8-21(22)26-24(27)29-15-23(28)25-20-9-6-7-17(2)18(20)3/h4-5,8,10-14,17-18,20H,6-7,9,15H2,1-3H3,(H,25,28)/t17-,18+,20+/m1/s1. The molecule has 1 aliphatic rings. The molecule has 3 atom stereocenters. The van der Waals surface area contributed by atoms with Gasteiger partial charge >= 0.3 is 0 Å². The number of imidazole rings is 1. The maximum atomic E-state index is 12.7. The van der Waals surface area contributed by atoms with Crippen LogP contribution in [0.4, 0.5) is 0 Å². The Morgan fingerprint density at radius 3 is 2.69 bits per heavy atom. The predicted octanol–water partition coefficient (Wildman–Crippen LogP) is 5.37. The number of fused-ring (bicyclic) bond motifs is 1. The number of nitrogens with one attached hydrogen (secondary N) is 1. The molecule has 0 aliphatic heterocycles. The Balaban J connectivity index is 1.52. The lowest BCUT2D eigenvalue weighted by Crippen LogP contribution is -2.44. The fourth-order valence-corrected chi connectivity index (χ4v) is 5.05. The van der Waals surface area contributed by atoms with E-state index in [1.165, 1.54) is 30.2 Å². The minimum atomic E-state index is 0.100. The molecule has 0 unspecified atom stereocenters. The highest BCUT2D eigenvalue weighted by Gasteiger charge is 2.28. The zero-order valence-corrected chi connectivity index (χ0v) is 18.2. The molecule has 0 bridgehead atoms. The van der Waals surface area contributed by atoms with Crippen LogP contribution < -0.4 is 5.32 Å². The largest absolute Gasteiger partial charge is 0.352 e. The molecule has 0 spiro atoms. The van der Waals surface area contributed by atoms with Crippen molar-refractivity contribution < 1.29 is 4.79 Å². The van der Waals surface area contributed by atoms with Crippen LogP contribution in [0.1, 0.15) is 38.7 Å². The van der Waals surface area contributed by atoms with Crippen molar-refractivity contribution in [2.24, 2.45) is 11.8 Å².